The second-order valence-corrected chi connectivity index (χ2v) is 6.59. The maximum absolute atomic E-state index is 13.2. The van der Waals surface area contributed by atoms with E-state index in [2.05, 4.69) is 10.3 Å². The molecule has 0 saturated heterocycles. The average Bonchev–Trinajstić information content (AvgIpc) is 2.68. The van der Waals surface area contributed by atoms with Crippen LogP contribution in [-0.2, 0) is 9.53 Å². The van der Waals surface area contributed by atoms with Gasteiger partial charge in [-0.1, -0.05) is 48.0 Å². The third-order valence-electron chi connectivity index (χ3n) is 4.37. The highest BCUT2D eigenvalue weighted by molar-refractivity contribution is 6.16. The third kappa shape index (κ3) is 3.97. The zero-order chi connectivity index (χ0) is 19.4. The van der Waals surface area contributed by atoms with E-state index in [1.807, 2.05) is 68.5 Å². The van der Waals surface area contributed by atoms with Gasteiger partial charge >= 0.3 is 5.97 Å². The van der Waals surface area contributed by atoms with Crippen molar-refractivity contribution in [2.24, 2.45) is 0 Å². The molecule has 1 aromatic heterocycles. The van der Waals surface area contributed by atoms with Gasteiger partial charge in [-0.3, -0.25) is 4.79 Å². The monoisotopic (exact) mass is 362 g/mol. The molecule has 0 aliphatic rings. The van der Waals surface area contributed by atoms with Crippen molar-refractivity contribution in [1.82, 2.24) is 10.3 Å². The van der Waals surface area contributed by atoms with E-state index < -0.39 is 12.0 Å². The fourth-order valence-electron chi connectivity index (χ4n) is 3.02. The molecule has 1 amide bonds. The molecule has 5 heteroatoms. The van der Waals surface area contributed by atoms with Gasteiger partial charge in [0.15, 0.2) is 0 Å². The van der Waals surface area contributed by atoms with E-state index in [0.29, 0.717) is 12.0 Å². The van der Waals surface area contributed by atoms with Crippen molar-refractivity contribution in [1.29, 1.82) is 0 Å². The van der Waals surface area contributed by atoms with E-state index in [1.54, 1.807) is 0 Å². The summed E-state index contributed by atoms with van der Waals surface area (Å²) in [6.07, 6.45) is 2.28. The predicted octanol–water partition coefficient (Wildman–Crippen LogP) is 4.02. The Bertz CT molecular complexity index is 982. The summed E-state index contributed by atoms with van der Waals surface area (Å²) >= 11 is 0. The minimum absolute atomic E-state index is 0.317. The van der Waals surface area contributed by atoms with Gasteiger partial charge in [0.2, 0.25) is 0 Å². The van der Waals surface area contributed by atoms with Crippen molar-refractivity contribution in [2.75, 3.05) is 7.11 Å². The number of benzene rings is 2. The van der Waals surface area contributed by atoms with Crippen molar-refractivity contribution in [3.63, 3.8) is 0 Å². The SMILES string of the molecule is COC(=O)[C@@H](CC=C(C)C)NC(=O)c1c2ccccc2nc2ccccc12. The van der Waals surface area contributed by atoms with Gasteiger partial charge in [0.25, 0.3) is 5.91 Å². The Labute approximate surface area is 158 Å². The Hall–Kier alpha value is -3.21. The molecule has 0 aliphatic heterocycles. The summed E-state index contributed by atoms with van der Waals surface area (Å²) in [6, 6.07) is 14.3. The quantitative estimate of drug-likeness (QED) is 0.423. The number of ether oxygens (including phenoxy) is 1. The van der Waals surface area contributed by atoms with E-state index >= 15 is 0 Å². The second-order valence-electron chi connectivity index (χ2n) is 6.59. The van der Waals surface area contributed by atoms with Gasteiger partial charge in [0, 0.05) is 10.8 Å². The molecule has 1 atom stereocenters. The zero-order valence-electron chi connectivity index (χ0n) is 15.7. The first-order valence-electron chi connectivity index (χ1n) is 8.81. The molecule has 1 heterocycles. The van der Waals surface area contributed by atoms with Crippen molar-refractivity contribution in [3.8, 4) is 0 Å². The molecule has 0 saturated carbocycles. The number of hydrogen-bond donors (Lipinski definition) is 1. The molecule has 1 N–H and O–H groups in total. The fourth-order valence-corrected chi connectivity index (χ4v) is 3.02. The molecule has 0 aliphatic carbocycles. The Morgan fingerprint density at radius 3 is 2.11 bits per heavy atom. The maximum atomic E-state index is 13.2. The van der Waals surface area contributed by atoms with Gasteiger partial charge in [-0.25, -0.2) is 9.78 Å². The van der Waals surface area contributed by atoms with Crippen LogP contribution >= 0.6 is 0 Å². The predicted molar refractivity (Wildman–Crippen MR) is 107 cm³/mol. The molecule has 0 spiro atoms. The maximum Gasteiger partial charge on any atom is 0.328 e. The zero-order valence-corrected chi connectivity index (χ0v) is 15.7. The van der Waals surface area contributed by atoms with Crippen LogP contribution < -0.4 is 5.32 Å². The van der Waals surface area contributed by atoms with E-state index in [1.165, 1.54) is 7.11 Å². The van der Waals surface area contributed by atoms with Gasteiger partial charge in [-0.15, -0.1) is 0 Å². The lowest BCUT2D eigenvalue weighted by molar-refractivity contribution is -0.142. The van der Waals surface area contributed by atoms with Crippen LogP contribution in [0.1, 0.15) is 30.6 Å². The largest absolute Gasteiger partial charge is 0.467 e. The molecule has 0 fully saturated rings. The average molecular weight is 362 g/mol. The fraction of sp³-hybridized carbons (Fsp3) is 0.227. The molecular weight excluding hydrogens is 340 g/mol. The minimum atomic E-state index is -0.747. The summed E-state index contributed by atoms with van der Waals surface area (Å²) in [4.78, 5) is 30.0. The first kappa shape index (κ1) is 18.6. The Morgan fingerprint density at radius 2 is 1.59 bits per heavy atom. The van der Waals surface area contributed by atoms with Crippen LogP contribution in [-0.4, -0.2) is 30.0 Å². The summed E-state index contributed by atoms with van der Waals surface area (Å²) in [5.74, 6) is -0.786. The highest BCUT2D eigenvalue weighted by Crippen LogP contribution is 2.26. The molecule has 138 valence electrons. The van der Waals surface area contributed by atoms with Crippen molar-refractivity contribution in [2.45, 2.75) is 26.3 Å². The van der Waals surface area contributed by atoms with Gasteiger partial charge in [0.05, 0.1) is 23.7 Å². The van der Waals surface area contributed by atoms with E-state index in [-0.39, 0.29) is 5.91 Å². The van der Waals surface area contributed by atoms with Gasteiger partial charge in [-0.2, -0.15) is 0 Å². The van der Waals surface area contributed by atoms with Crippen LogP contribution in [0.5, 0.6) is 0 Å². The lowest BCUT2D eigenvalue weighted by Gasteiger charge is -2.17. The molecular formula is C22H22N2O3. The van der Waals surface area contributed by atoms with Gasteiger partial charge < -0.3 is 10.1 Å². The van der Waals surface area contributed by atoms with Gasteiger partial charge in [-0.05, 0) is 32.4 Å². The molecule has 3 rings (SSSR count). The number of hydrogen-bond acceptors (Lipinski definition) is 4. The van der Waals surface area contributed by atoms with E-state index in [9.17, 15) is 9.59 Å². The lowest BCUT2D eigenvalue weighted by atomic mass is 10.0. The number of fused-ring (bicyclic) bond motifs is 2. The summed E-state index contributed by atoms with van der Waals surface area (Å²) in [6.45, 7) is 3.89. The molecule has 0 radical (unpaired) electrons. The first-order valence-corrected chi connectivity index (χ1v) is 8.81. The lowest BCUT2D eigenvalue weighted by Crippen LogP contribution is -2.41. The number of rotatable bonds is 5. The number of allylic oxidation sites excluding steroid dienone is 1. The number of amides is 1. The number of esters is 1. The number of nitrogens with zero attached hydrogens (tertiary/aromatic N) is 1. The van der Waals surface area contributed by atoms with Crippen LogP contribution in [0.2, 0.25) is 0 Å². The van der Waals surface area contributed by atoms with Crippen LogP contribution in [0.3, 0.4) is 0 Å². The van der Waals surface area contributed by atoms with E-state index in [0.717, 1.165) is 27.4 Å². The summed E-state index contributed by atoms with van der Waals surface area (Å²) < 4.78 is 4.86. The third-order valence-corrected chi connectivity index (χ3v) is 4.37. The summed E-state index contributed by atoms with van der Waals surface area (Å²) in [7, 11) is 1.32. The van der Waals surface area contributed by atoms with Crippen LogP contribution in [0, 0.1) is 0 Å². The van der Waals surface area contributed by atoms with E-state index in [4.69, 9.17) is 4.74 Å². The number of pyridine rings is 1. The topological polar surface area (TPSA) is 68.3 Å². The molecule has 3 aromatic rings. The summed E-state index contributed by atoms with van der Waals surface area (Å²) in [5.41, 5.74) is 3.06. The van der Waals surface area contributed by atoms with Crippen molar-refractivity contribution >= 4 is 33.7 Å². The molecule has 5 nitrogen and oxygen atoms in total. The normalized spacial score (nSPS) is 11.8. The number of para-hydroxylation sites is 2. The summed E-state index contributed by atoms with van der Waals surface area (Å²) in [5, 5.41) is 4.34. The molecule has 0 unspecified atom stereocenters. The first-order chi connectivity index (χ1) is 13.0. The number of carbonyl (C=O) groups excluding carboxylic acids is 2. The minimum Gasteiger partial charge on any atom is -0.467 e. The highest BCUT2D eigenvalue weighted by atomic mass is 16.5. The standard InChI is InChI=1S/C22H22N2O3/c1-14(2)12-13-19(22(26)27-3)24-21(25)20-15-8-4-6-10-17(15)23-18-11-7-5-9-16(18)20/h4-12,19H,13H2,1-3H3,(H,24,25)/t19-/m1/s1. The van der Waals surface area contributed by atoms with Crippen molar-refractivity contribution in [3.05, 3.63) is 65.7 Å². The van der Waals surface area contributed by atoms with Crippen LogP contribution in [0.15, 0.2) is 60.2 Å². The second kappa shape index (κ2) is 7.99. The number of methoxy groups -OCH3 is 1. The van der Waals surface area contributed by atoms with Gasteiger partial charge in [0.1, 0.15) is 6.04 Å². The van der Waals surface area contributed by atoms with Crippen LogP contribution in [0.25, 0.3) is 21.8 Å². The molecule has 27 heavy (non-hydrogen) atoms. The molecule has 2 aromatic carbocycles. The Balaban J connectivity index is 2.07. The number of aromatic nitrogens is 1. The highest BCUT2D eigenvalue weighted by Gasteiger charge is 2.23. The molecule has 0 bridgehead atoms. The Morgan fingerprint density at radius 1 is 1.04 bits per heavy atom. The number of nitrogens with one attached hydrogen (secondary N) is 1. The van der Waals surface area contributed by atoms with Crippen LogP contribution in [0.4, 0.5) is 0 Å². The number of carbonyl (C=O) groups is 2. The smallest absolute Gasteiger partial charge is 0.328 e. The Kier molecular flexibility index (Phi) is 5.50. The van der Waals surface area contributed by atoms with Crippen molar-refractivity contribution < 1.29 is 14.3 Å².